The molecule has 0 heterocycles. The van der Waals surface area contributed by atoms with Gasteiger partial charge in [-0.25, -0.2) is 0 Å². The lowest BCUT2D eigenvalue weighted by molar-refractivity contribution is -0.112. The van der Waals surface area contributed by atoms with Crippen LogP contribution in [0.2, 0.25) is 0 Å². The van der Waals surface area contributed by atoms with Gasteiger partial charge < -0.3 is 10.2 Å². The number of allylic oxidation sites excluding steroid dienone is 2. The van der Waals surface area contributed by atoms with Gasteiger partial charge in [-0.3, -0.25) is 4.79 Å². The van der Waals surface area contributed by atoms with Gasteiger partial charge in [0, 0.05) is 22.3 Å². The smallest absolute Gasteiger partial charge is 0.185 e. The van der Waals surface area contributed by atoms with Gasteiger partial charge in [0.25, 0.3) is 0 Å². The molecule has 1 aliphatic rings. The Bertz CT molecular complexity index is 910. The van der Waals surface area contributed by atoms with Crippen LogP contribution < -0.4 is 0 Å². The molecule has 2 N–H and O–H groups in total. The molecule has 0 aliphatic heterocycles. The van der Waals surface area contributed by atoms with Crippen molar-refractivity contribution in [2.24, 2.45) is 0 Å². The summed E-state index contributed by atoms with van der Waals surface area (Å²) in [5.41, 5.74) is 4.46. The molecular weight excluding hydrogens is 472 g/mol. The molecule has 2 aromatic carbocycles. The second kappa shape index (κ2) is 8.03. The van der Waals surface area contributed by atoms with Crippen LogP contribution in [0.25, 0.3) is 12.2 Å². The molecule has 0 atom stereocenters. The van der Waals surface area contributed by atoms with Gasteiger partial charge in [-0.1, -0.05) is 24.3 Å². The minimum atomic E-state index is -0.0338. The number of carbonyl (C=O) groups is 1. The molecule has 0 saturated heterocycles. The highest BCUT2D eigenvalue weighted by molar-refractivity contribution is 9.11. The summed E-state index contributed by atoms with van der Waals surface area (Å²) in [6.45, 7) is 3.80. The van der Waals surface area contributed by atoms with Gasteiger partial charge in [-0.15, -0.1) is 0 Å². The zero-order chi connectivity index (χ0) is 19.7. The van der Waals surface area contributed by atoms with E-state index < -0.39 is 0 Å². The summed E-state index contributed by atoms with van der Waals surface area (Å²) in [5.74, 6) is 0.256. The second-order valence-electron chi connectivity index (χ2n) is 6.79. The fourth-order valence-electron chi connectivity index (χ4n) is 3.15. The van der Waals surface area contributed by atoms with Crippen molar-refractivity contribution in [1.29, 1.82) is 0 Å². The first-order valence-corrected chi connectivity index (χ1v) is 10.3. The number of aromatic hydroxyl groups is 2. The Hall–Kier alpha value is -1.85. The average Bonchev–Trinajstić information content (AvgIpc) is 2.65. The lowest BCUT2D eigenvalue weighted by Crippen LogP contribution is -2.12. The fourth-order valence-corrected chi connectivity index (χ4v) is 3.87. The van der Waals surface area contributed by atoms with E-state index in [4.69, 9.17) is 0 Å². The van der Waals surface area contributed by atoms with E-state index in [1.54, 1.807) is 12.2 Å². The summed E-state index contributed by atoms with van der Waals surface area (Å²) in [6.07, 6.45) is 5.72. The van der Waals surface area contributed by atoms with E-state index in [2.05, 4.69) is 31.9 Å². The van der Waals surface area contributed by atoms with E-state index in [9.17, 15) is 15.0 Å². The highest BCUT2D eigenvalue weighted by Gasteiger charge is 2.22. The number of rotatable bonds is 2. The van der Waals surface area contributed by atoms with Crippen LogP contribution in [0.4, 0.5) is 0 Å². The Labute approximate surface area is 175 Å². The number of hydrogen-bond donors (Lipinski definition) is 2. The number of hydrogen-bond acceptors (Lipinski definition) is 3. The Kier molecular flexibility index (Phi) is 5.92. The van der Waals surface area contributed by atoms with Crippen LogP contribution in [0.1, 0.15) is 41.5 Å². The van der Waals surface area contributed by atoms with E-state index in [1.807, 2.05) is 38.1 Å². The fraction of sp³-hybridized carbons (Fsp3) is 0.227. The number of phenols is 2. The largest absolute Gasteiger partial charge is 0.506 e. The van der Waals surface area contributed by atoms with Crippen LogP contribution in [0.3, 0.4) is 0 Å². The number of aryl methyl sites for hydroxylation is 2. The van der Waals surface area contributed by atoms with E-state index in [1.165, 1.54) is 0 Å². The highest BCUT2D eigenvalue weighted by atomic mass is 79.9. The molecular formula is C22H20Br2O3. The quantitative estimate of drug-likeness (QED) is 0.474. The van der Waals surface area contributed by atoms with Crippen molar-refractivity contribution in [1.82, 2.24) is 0 Å². The van der Waals surface area contributed by atoms with Crippen LogP contribution >= 0.6 is 31.9 Å². The monoisotopic (exact) mass is 490 g/mol. The molecule has 0 amide bonds. The van der Waals surface area contributed by atoms with Gasteiger partial charge in [-0.05, 0) is 88.2 Å². The van der Waals surface area contributed by atoms with E-state index in [0.717, 1.165) is 17.5 Å². The Morgan fingerprint density at radius 1 is 0.815 bits per heavy atom. The molecule has 1 saturated carbocycles. The summed E-state index contributed by atoms with van der Waals surface area (Å²) in [5, 5.41) is 20.7. The number of carbonyl (C=O) groups excluding carboxylic acids is 1. The summed E-state index contributed by atoms with van der Waals surface area (Å²) < 4.78 is 1.29. The zero-order valence-corrected chi connectivity index (χ0v) is 18.3. The predicted molar refractivity (Wildman–Crippen MR) is 116 cm³/mol. The average molecular weight is 492 g/mol. The van der Waals surface area contributed by atoms with Crippen molar-refractivity contribution in [3.8, 4) is 11.5 Å². The van der Waals surface area contributed by atoms with Crippen molar-refractivity contribution in [3.63, 3.8) is 0 Å². The van der Waals surface area contributed by atoms with Crippen LogP contribution in [0.5, 0.6) is 11.5 Å². The third-order valence-corrected chi connectivity index (χ3v) is 6.82. The third kappa shape index (κ3) is 4.04. The number of benzene rings is 2. The summed E-state index contributed by atoms with van der Waals surface area (Å²) in [6, 6.07) is 7.44. The van der Waals surface area contributed by atoms with Gasteiger partial charge >= 0.3 is 0 Å². The lowest BCUT2D eigenvalue weighted by Gasteiger charge is -2.17. The highest BCUT2D eigenvalue weighted by Crippen LogP contribution is 2.36. The molecule has 0 spiro atoms. The van der Waals surface area contributed by atoms with Gasteiger partial charge in [-0.2, -0.15) is 0 Å². The van der Waals surface area contributed by atoms with Gasteiger partial charge in [0.1, 0.15) is 11.5 Å². The van der Waals surface area contributed by atoms with Gasteiger partial charge in [0.05, 0.1) is 8.95 Å². The standard InChI is InChI=1S/C22H20Br2O3/c1-12-6-8-16(21(26)18(12)23)10-14-4-3-5-15(20(14)25)11-17-9-7-13(2)19(24)22(17)27/h6-11,26-27H,3-5H2,1-2H3. The topological polar surface area (TPSA) is 57.5 Å². The zero-order valence-electron chi connectivity index (χ0n) is 15.1. The van der Waals surface area contributed by atoms with Gasteiger partial charge in [0.15, 0.2) is 5.78 Å². The van der Waals surface area contributed by atoms with Crippen LogP contribution in [0.15, 0.2) is 44.4 Å². The van der Waals surface area contributed by atoms with Crippen LogP contribution in [-0.4, -0.2) is 16.0 Å². The van der Waals surface area contributed by atoms with Crippen LogP contribution in [0, 0.1) is 13.8 Å². The molecule has 0 unspecified atom stereocenters. The molecule has 0 bridgehead atoms. The molecule has 27 heavy (non-hydrogen) atoms. The Morgan fingerprint density at radius 2 is 1.22 bits per heavy atom. The number of ketones is 1. The molecule has 2 aromatic rings. The number of Topliss-reactive ketones (excluding diaryl/α,β-unsaturated/α-hetero) is 1. The first kappa shape index (κ1) is 19.9. The molecule has 5 heteroatoms. The maximum Gasteiger partial charge on any atom is 0.185 e. The molecule has 0 aromatic heterocycles. The van der Waals surface area contributed by atoms with Crippen LogP contribution in [-0.2, 0) is 4.79 Å². The summed E-state index contributed by atoms with van der Waals surface area (Å²) >= 11 is 6.76. The lowest BCUT2D eigenvalue weighted by atomic mass is 9.86. The van der Waals surface area contributed by atoms with E-state index in [0.29, 0.717) is 44.1 Å². The molecule has 3 rings (SSSR count). The molecule has 0 radical (unpaired) electrons. The Morgan fingerprint density at radius 3 is 1.63 bits per heavy atom. The number of halogens is 2. The number of phenolic OH excluding ortho intramolecular Hbond substituents is 2. The first-order chi connectivity index (χ1) is 12.8. The minimum Gasteiger partial charge on any atom is -0.506 e. The summed E-state index contributed by atoms with van der Waals surface area (Å²) in [7, 11) is 0. The maximum atomic E-state index is 12.9. The molecule has 140 valence electrons. The third-order valence-electron chi connectivity index (χ3n) is 4.82. The maximum absolute atomic E-state index is 12.9. The van der Waals surface area contributed by atoms with E-state index >= 15 is 0 Å². The minimum absolute atomic E-state index is 0.0338. The Balaban J connectivity index is 1.97. The summed E-state index contributed by atoms with van der Waals surface area (Å²) in [4.78, 5) is 12.9. The van der Waals surface area contributed by atoms with E-state index in [-0.39, 0.29) is 17.3 Å². The van der Waals surface area contributed by atoms with Crippen molar-refractivity contribution < 1.29 is 15.0 Å². The second-order valence-corrected chi connectivity index (χ2v) is 8.38. The normalized spacial score (nSPS) is 17.7. The predicted octanol–water partition coefficient (Wildman–Crippen LogP) is 6.46. The molecule has 3 nitrogen and oxygen atoms in total. The van der Waals surface area contributed by atoms with Crippen molar-refractivity contribution in [2.75, 3.05) is 0 Å². The molecule has 1 fully saturated rings. The van der Waals surface area contributed by atoms with Crippen molar-refractivity contribution in [3.05, 3.63) is 66.6 Å². The SMILES string of the molecule is Cc1ccc(C=C2CCCC(=Cc3ccc(C)c(Br)c3O)C2=O)c(O)c1Br. The van der Waals surface area contributed by atoms with Crippen molar-refractivity contribution in [2.45, 2.75) is 33.1 Å². The molecule has 1 aliphatic carbocycles. The van der Waals surface area contributed by atoms with Crippen molar-refractivity contribution >= 4 is 49.8 Å². The first-order valence-electron chi connectivity index (χ1n) is 8.71. The van der Waals surface area contributed by atoms with Gasteiger partial charge in [0.2, 0.25) is 0 Å².